The van der Waals surface area contributed by atoms with Crippen molar-refractivity contribution in [2.24, 2.45) is 0 Å². The van der Waals surface area contributed by atoms with E-state index in [1.807, 2.05) is 30.3 Å². The van der Waals surface area contributed by atoms with Gasteiger partial charge in [0.15, 0.2) is 4.77 Å². The largest absolute Gasteiger partial charge is 0.495 e. The van der Waals surface area contributed by atoms with E-state index in [1.165, 1.54) is 14.0 Å². The quantitative estimate of drug-likeness (QED) is 0.519. The van der Waals surface area contributed by atoms with Crippen LogP contribution in [-0.4, -0.2) is 33.7 Å². The fourth-order valence-corrected chi connectivity index (χ4v) is 3.05. The summed E-state index contributed by atoms with van der Waals surface area (Å²) in [6, 6.07) is 14.8. The Bertz CT molecular complexity index is 1080. The van der Waals surface area contributed by atoms with Crippen molar-refractivity contribution in [3.63, 3.8) is 0 Å². The molecule has 150 valence electrons. The van der Waals surface area contributed by atoms with Crippen LogP contribution in [0.5, 0.6) is 5.75 Å². The maximum Gasteiger partial charge on any atom is 0.232 e. The van der Waals surface area contributed by atoms with Crippen molar-refractivity contribution in [2.45, 2.75) is 19.9 Å². The molecule has 0 spiro atoms. The molecule has 2 amide bonds. The molecule has 0 fully saturated rings. The second-order valence-electron chi connectivity index (χ2n) is 6.34. The van der Waals surface area contributed by atoms with E-state index in [9.17, 15) is 9.59 Å². The van der Waals surface area contributed by atoms with Crippen LogP contribution in [0.4, 0.5) is 11.4 Å². The Hall–Kier alpha value is -3.46. The molecule has 9 heteroatoms. The number of amides is 2. The normalized spacial score (nSPS) is 10.4. The summed E-state index contributed by atoms with van der Waals surface area (Å²) < 4.78 is 7.53. The van der Waals surface area contributed by atoms with Crippen molar-refractivity contribution in [3.8, 4) is 5.75 Å². The molecule has 3 rings (SSSR count). The molecular weight excluding hydrogens is 390 g/mol. The number of H-pyrrole nitrogens is 1. The van der Waals surface area contributed by atoms with Crippen LogP contribution in [0.3, 0.4) is 0 Å². The van der Waals surface area contributed by atoms with Crippen molar-refractivity contribution >= 4 is 35.4 Å². The predicted octanol–water partition coefficient (Wildman–Crippen LogP) is 3.14. The number of ether oxygens (including phenoxy) is 1. The highest BCUT2D eigenvalue weighted by Crippen LogP contribution is 2.28. The van der Waals surface area contributed by atoms with Gasteiger partial charge in [0.05, 0.1) is 25.8 Å². The van der Waals surface area contributed by atoms with Crippen molar-refractivity contribution in [1.29, 1.82) is 0 Å². The van der Waals surface area contributed by atoms with Crippen LogP contribution >= 0.6 is 12.2 Å². The fraction of sp³-hybridized carbons (Fsp3) is 0.200. The molecule has 0 aliphatic heterocycles. The molecule has 0 radical (unpaired) electrons. The van der Waals surface area contributed by atoms with E-state index in [4.69, 9.17) is 17.0 Å². The topological polar surface area (TPSA) is 101 Å². The third-order valence-corrected chi connectivity index (χ3v) is 4.45. The second kappa shape index (κ2) is 9.16. The van der Waals surface area contributed by atoms with Gasteiger partial charge in [-0.3, -0.25) is 19.3 Å². The number of hydrogen-bond acceptors (Lipinski definition) is 5. The molecule has 2 aromatic carbocycles. The van der Waals surface area contributed by atoms with Gasteiger partial charge in [0, 0.05) is 12.6 Å². The zero-order valence-corrected chi connectivity index (χ0v) is 16.9. The number of aromatic nitrogens is 3. The summed E-state index contributed by atoms with van der Waals surface area (Å²) in [5.41, 5.74) is 2.06. The number of nitrogens with zero attached hydrogens (tertiary/aromatic N) is 2. The zero-order valence-electron chi connectivity index (χ0n) is 16.1. The first kappa shape index (κ1) is 20.3. The van der Waals surface area contributed by atoms with Crippen LogP contribution < -0.4 is 15.4 Å². The summed E-state index contributed by atoms with van der Waals surface area (Å²) in [5, 5.41) is 12.4. The number of aromatic amines is 1. The minimum absolute atomic E-state index is 0.0213. The summed E-state index contributed by atoms with van der Waals surface area (Å²) in [6.07, 6.45) is 0.0213. The molecule has 1 heterocycles. The summed E-state index contributed by atoms with van der Waals surface area (Å²) in [4.78, 5) is 23.9. The molecule has 3 N–H and O–H groups in total. The number of anilines is 2. The van der Waals surface area contributed by atoms with Gasteiger partial charge in [-0.2, -0.15) is 5.10 Å². The van der Waals surface area contributed by atoms with E-state index < -0.39 is 0 Å². The minimum Gasteiger partial charge on any atom is -0.495 e. The van der Waals surface area contributed by atoms with Crippen molar-refractivity contribution in [2.75, 3.05) is 17.7 Å². The van der Waals surface area contributed by atoms with Gasteiger partial charge in [0.25, 0.3) is 0 Å². The highest BCUT2D eigenvalue weighted by Gasteiger charge is 2.14. The standard InChI is InChI=1S/C20H21N5O3S/c1-13(26)21-15-8-9-17(28-2)16(10-15)22-19(27)11-18-23-24-20(29)25(18)12-14-6-4-3-5-7-14/h3-10H,11-12H2,1-2H3,(H,21,26)(H,22,27)(H,24,29). The average Bonchev–Trinajstić information content (AvgIpc) is 3.02. The minimum atomic E-state index is -0.286. The van der Waals surface area contributed by atoms with E-state index in [-0.39, 0.29) is 18.2 Å². The average molecular weight is 411 g/mol. The fourth-order valence-electron chi connectivity index (χ4n) is 2.84. The molecule has 8 nitrogen and oxygen atoms in total. The Kier molecular flexibility index (Phi) is 6.40. The summed E-state index contributed by atoms with van der Waals surface area (Å²) in [6.45, 7) is 1.93. The number of rotatable bonds is 7. The van der Waals surface area contributed by atoms with E-state index in [0.717, 1.165) is 5.56 Å². The van der Waals surface area contributed by atoms with Crippen molar-refractivity contribution in [3.05, 3.63) is 64.7 Å². The summed E-state index contributed by atoms with van der Waals surface area (Å²) in [5.74, 6) is 0.513. The Morgan fingerprint density at radius 3 is 2.62 bits per heavy atom. The first-order valence-electron chi connectivity index (χ1n) is 8.89. The zero-order chi connectivity index (χ0) is 20.8. The molecule has 0 saturated carbocycles. The van der Waals surface area contributed by atoms with Gasteiger partial charge in [0.1, 0.15) is 11.6 Å². The SMILES string of the molecule is COc1ccc(NC(C)=O)cc1NC(=O)Cc1n[nH]c(=S)n1Cc1ccccc1. The Morgan fingerprint density at radius 2 is 1.93 bits per heavy atom. The summed E-state index contributed by atoms with van der Waals surface area (Å²) in [7, 11) is 1.51. The molecule has 0 atom stereocenters. The van der Waals surface area contributed by atoms with Gasteiger partial charge < -0.3 is 15.4 Å². The van der Waals surface area contributed by atoms with E-state index >= 15 is 0 Å². The molecule has 0 aliphatic carbocycles. The van der Waals surface area contributed by atoms with Crippen LogP contribution in [-0.2, 0) is 22.6 Å². The monoisotopic (exact) mass is 411 g/mol. The number of benzene rings is 2. The van der Waals surface area contributed by atoms with Gasteiger partial charge in [0.2, 0.25) is 11.8 Å². The lowest BCUT2D eigenvalue weighted by Crippen LogP contribution is -2.18. The lowest BCUT2D eigenvalue weighted by Gasteiger charge is -2.13. The van der Waals surface area contributed by atoms with Crippen LogP contribution in [0.15, 0.2) is 48.5 Å². The number of carbonyl (C=O) groups is 2. The van der Waals surface area contributed by atoms with Crippen LogP contribution in [0, 0.1) is 4.77 Å². The van der Waals surface area contributed by atoms with Gasteiger partial charge in [-0.1, -0.05) is 30.3 Å². The highest BCUT2D eigenvalue weighted by molar-refractivity contribution is 7.71. The van der Waals surface area contributed by atoms with Crippen LogP contribution in [0.1, 0.15) is 18.3 Å². The Morgan fingerprint density at radius 1 is 1.17 bits per heavy atom. The molecule has 0 aliphatic rings. The van der Waals surface area contributed by atoms with E-state index in [1.54, 1.807) is 22.8 Å². The maximum absolute atomic E-state index is 12.6. The number of nitrogens with one attached hydrogen (secondary N) is 3. The molecule has 3 aromatic rings. The Labute approximate surface area is 172 Å². The van der Waals surface area contributed by atoms with Crippen LogP contribution in [0.25, 0.3) is 0 Å². The van der Waals surface area contributed by atoms with Crippen molar-refractivity contribution in [1.82, 2.24) is 14.8 Å². The third-order valence-electron chi connectivity index (χ3n) is 4.13. The maximum atomic E-state index is 12.6. The molecule has 0 bridgehead atoms. The van der Waals surface area contributed by atoms with Gasteiger partial charge in [-0.25, -0.2) is 0 Å². The second-order valence-corrected chi connectivity index (χ2v) is 6.72. The lowest BCUT2D eigenvalue weighted by atomic mass is 10.2. The van der Waals surface area contributed by atoms with E-state index in [2.05, 4.69) is 20.8 Å². The van der Waals surface area contributed by atoms with Gasteiger partial charge in [-0.05, 0) is 36.0 Å². The summed E-state index contributed by atoms with van der Waals surface area (Å²) >= 11 is 5.30. The Balaban J connectivity index is 1.76. The lowest BCUT2D eigenvalue weighted by molar-refractivity contribution is -0.116. The molecule has 0 saturated heterocycles. The first-order chi connectivity index (χ1) is 14.0. The predicted molar refractivity (Wildman–Crippen MR) is 113 cm³/mol. The molecule has 29 heavy (non-hydrogen) atoms. The smallest absolute Gasteiger partial charge is 0.232 e. The number of carbonyl (C=O) groups excluding carboxylic acids is 2. The van der Waals surface area contributed by atoms with Crippen LogP contribution in [0.2, 0.25) is 0 Å². The highest BCUT2D eigenvalue weighted by atomic mass is 32.1. The first-order valence-corrected chi connectivity index (χ1v) is 9.30. The van der Waals surface area contributed by atoms with Gasteiger partial charge >= 0.3 is 0 Å². The number of methoxy groups -OCH3 is 1. The van der Waals surface area contributed by atoms with Gasteiger partial charge in [-0.15, -0.1) is 0 Å². The van der Waals surface area contributed by atoms with Crippen molar-refractivity contribution < 1.29 is 14.3 Å². The molecular formula is C20H21N5O3S. The van der Waals surface area contributed by atoms with E-state index in [0.29, 0.717) is 34.3 Å². The third kappa shape index (κ3) is 5.29. The molecule has 1 aromatic heterocycles. The molecule has 0 unspecified atom stereocenters. The number of hydrogen-bond donors (Lipinski definition) is 3.